The zero-order valence-electron chi connectivity index (χ0n) is 18.0. The van der Waals surface area contributed by atoms with Crippen LogP contribution in [0.1, 0.15) is 77.6 Å². The van der Waals surface area contributed by atoms with Crippen LogP contribution in [0.3, 0.4) is 0 Å². The maximum Gasteiger partial charge on any atom is 0.133 e. The molecule has 0 atom stereocenters. The highest BCUT2D eigenvalue weighted by molar-refractivity contribution is 7.99. The van der Waals surface area contributed by atoms with E-state index in [2.05, 4.69) is 67.5 Å². The maximum absolute atomic E-state index is 10.9. The van der Waals surface area contributed by atoms with Gasteiger partial charge in [0.25, 0.3) is 0 Å². The van der Waals surface area contributed by atoms with Crippen molar-refractivity contribution in [2.75, 3.05) is 0 Å². The normalized spacial score (nSPS) is 12.4. The lowest BCUT2D eigenvalue weighted by atomic mass is 9.85. The van der Waals surface area contributed by atoms with E-state index in [4.69, 9.17) is 0 Å². The lowest BCUT2D eigenvalue weighted by molar-refractivity contribution is 0.432. The summed E-state index contributed by atoms with van der Waals surface area (Å²) in [6.07, 6.45) is 1.82. The van der Waals surface area contributed by atoms with Crippen LogP contribution in [0.15, 0.2) is 34.1 Å². The van der Waals surface area contributed by atoms with Crippen LogP contribution >= 0.6 is 11.8 Å². The number of phenolic OH excluding ortho intramolecular Hbond substituents is 2. The van der Waals surface area contributed by atoms with E-state index in [0.29, 0.717) is 11.5 Å². The van der Waals surface area contributed by atoms with Crippen molar-refractivity contribution in [3.8, 4) is 11.5 Å². The van der Waals surface area contributed by atoms with Crippen molar-refractivity contribution in [2.45, 2.75) is 88.9 Å². The first-order chi connectivity index (χ1) is 12.4. The number of rotatable bonds is 4. The third-order valence-electron chi connectivity index (χ3n) is 4.92. The minimum atomic E-state index is -0.144. The Bertz CT molecular complexity index is 754. The van der Waals surface area contributed by atoms with Gasteiger partial charge in [-0.25, -0.2) is 0 Å². The van der Waals surface area contributed by atoms with Gasteiger partial charge in [0.2, 0.25) is 0 Å². The van der Waals surface area contributed by atoms with Gasteiger partial charge in [0.05, 0.1) is 9.79 Å². The zero-order valence-corrected chi connectivity index (χ0v) is 18.8. The summed E-state index contributed by atoms with van der Waals surface area (Å²) >= 11 is 1.46. The molecule has 0 bridgehead atoms. The topological polar surface area (TPSA) is 40.5 Å². The minimum absolute atomic E-state index is 0.144. The van der Waals surface area contributed by atoms with Gasteiger partial charge < -0.3 is 10.2 Å². The smallest absolute Gasteiger partial charge is 0.133 e. The predicted octanol–water partition coefficient (Wildman–Crippen LogP) is 6.97. The molecule has 0 saturated carbocycles. The Hall–Kier alpha value is -1.61. The van der Waals surface area contributed by atoms with Gasteiger partial charge >= 0.3 is 0 Å². The van der Waals surface area contributed by atoms with Crippen LogP contribution in [-0.4, -0.2) is 10.2 Å². The fourth-order valence-electron chi connectivity index (χ4n) is 3.16. The van der Waals surface area contributed by atoms with E-state index in [9.17, 15) is 10.2 Å². The highest BCUT2D eigenvalue weighted by Crippen LogP contribution is 2.46. The summed E-state index contributed by atoms with van der Waals surface area (Å²) in [7, 11) is 0. The number of aromatic hydroxyl groups is 2. The molecule has 2 aromatic carbocycles. The Morgan fingerprint density at radius 1 is 0.667 bits per heavy atom. The average molecular weight is 387 g/mol. The first kappa shape index (κ1) is 21.7. The largest absolute Gasteiger partial charge is 0.506 e. The first-order valence-corrected chi connectivity index (χ1v) is 10.6. The summed E-state index contributed by atoms with van der Waals surface area (Å²) in [4.78, 5) is 1.62. The highest BCUT2D eigenvalue weighted by Gasteiger charge is 2.25. The Morgan fingerprint density at radius 3 is 1.26 bits per heavy atom. The van der Waals surface area contributed by atoms with Crippen LogP contribution in [0.5, 0.6) is 11.5 Å². The quantitative estimate of drug-likeness (QED) is 0.596. The van der Waals surface area contributed by atoms with Crippen molar-refractivity contribution >= 4 is 11.8 Å². The first-order valence-electron chi connectivity index (χ1n) is 9.79. The van der Waals surface area contributed by atoms with E-state index in [-0.39, 0.29) is 10.8 Å². The average Bonchev–Trinajstić information content (AvgIpc) is 2.56. The Kier molecular flexibility index (Phi) is 6.26. The zero-order chi connectivity index (χ0) is 20.6. The Balaban J connectivity index is 2.64. The molecule has 0 aliphatic carbocycles. The lowest BCUT2D eigenvalue weighted by Crippen LogP contribution is -2.13. The Labute approximate surface area is 169 Å². The molecule has 0 radical (unpaired) electrons. The molecule has 3 heteroatoms. The van der Waals surface area contributed by atoms with E-state index in [1.54, 1.807) is 0 Å². The molecule has 148 valence electrons. The molecule has 0 aliphatic heterocycles. The summed E-state index contributed by atoms with van der Waals surface area (Å²) in [5.41, 5.74) is 4.01. The van der Waals surface area contributed by atoms with Crippen LogP contribution in [0.4, 0.5) is 0 Å². The second-order valence-electron chi connectivity index (χ2n) is 9.29. The molecule has 2 rings (SSSR count). The van der Waals surface area contributed by atoms with E-state index >= 15 is 0 Å². The van der Waals surface area contributed by atoms with Crippen molar-refractivity contribution in [1.29, 1.82) is 0 Å². The summed E-state index contributed by atoms with van der Waals surface area (Å²) in [6, 6.07) is 8.29. The molecule has 27 heavy (non-hydrogen) atoms. The second kappa shape index (κ2) is 7.79. The van der Waals surface area contributed by atoms with E-state index < -0.39 is 0 Å². The van der Waals surface area contributed by atoms with Crippen LogP contribution in [0, 0.1) is 0 Å². The van der Waals surface area contributed by atoms with Gasteiger partial charge in [-0.05, 0) is 46.9 Å². The molecule has 0 spiro atoms. The van der Waals surface area contributed by atoms with Gasteiger partial charge in [0.15, 0.2) is 0 Å². The molecule has 2 aromatic rings. The minimum Gasteiger partial charge on any atom is -0.506 e. The third-order valence-corrected chi connectivity index (χ3v) is 5.98. The van der Waals surface area contributed by atoms with Crippen molar-refractivity contribution in [3.05, 3.63) is 46.5 Å². The van der Waals surface area contributed by atoms with Crippen molar-refractivity contribution in [1.82, 2.24) is 0 Å². The van der Waals surface area contributed by atoms with Gasteiger partial charge in [-0.2, -0.15) is 0 Å². The fraction of sp³-hybridized carbons (Fsp3) is 0.500. The van der Waals surface area contributed by atoms with Crippen LogP contribution < -0.4 is 0 Å². The molecule has 0 fully saturated rings. The molecule has 0 aromatic heterocycles. The van der Waals surface area contributed by atoms with E-state index in [1.165, 1.54) is 22.9 Å². The van der Waals surface area contributed by atoms with Gasteiger partial charge in [-0.3, -0.25) is 0 Å². The fourth-order valence-corrected chi connectivity index (χ4v) is 4.23. The van der Waals surface area contributed by atoms with Crippen molar-refractivity contribution in [3.63, 3.8) is 0 Å². The molecule has 0 aliphatic rings. The summed E-state index contributed by atoms with van der Waals surface area (Å²) in [5.74, 6) is 0.645. The van der Waals surface area contributed by atoms with Gasteiger partial charge in [0, 0.05) is 11.1 Å². The summed E-state index contributed by atoms with van der Waals surface area (Å²) < 4.78 is 0. The molecule has 2 nitrogen and oxygen atoms in total. The predicted molar refractivity (Wildman–Crippen MR) is 116 cm³/mol. The number of hydrogen-bond acceptors (Lipinski definition) is 3. The number of aryl methyl sites for hydroxylation is 2. The molecular formula is C24H34O2S. The van der Waals surface area contributed by atoms with Crippen molar-refractivity contribution in [2.24, 2.45) is 0 Å². The van der Waals surface area contributed by atoms with Crippen LogP contribution in [-0.2, 0) is 23.7 Å². The van der Waals surface area contributed by atoms with E-state index in [1.807, 2.05) is 12.1 Å². The molecule has 0 heterocycles. The third kappa shape index (κ3) is 4.82. The standard InChI is InChI=1S/C24H34O2S/c1-9-15-11-17(23(3,4)5)21(25)19(13-15)27-20-14-16(10-2)12-18(22(20)26)24(6,7)8/h11-14,25-26H,9-10H2,1-8H3. The number of phenols is 2. The molecular weight excluding hydrogens is 352 g/mol. The highest BCUT2D eigenvalue weighted by atomic mass is 32.2. The number of hydrogen-bond donors (Lipinski definition) is 2. The summed E-state index contributed by atoms with van der Waals surface area (Å²) in [5, 5.41) is 21.9. The molecule has 0 saturated heterocycles. The SMILES string of the molecule is CCc1cc(Sc2cc(CC)cc(C(C)(C)C)c2O)c(O)c(C(C)(C)C)c1. The van der Waals surface area contributed by atoms with E-state index in [0.717, 1.165) is 33.8 Å². The molecule has 0 amide bonds. The monoisotopic (exact) mass is 386 g/mol. The number of benzene rings is 2. The Morgan fingerprint density at radius 2 is 1.00 bits per heavy atom. The lowest BCUT2D eigenvalue weighted by Gasteiger charge is -2.25. The van der Waals surface area contributed by atoms with Crippen LogP contribution in [0.25, 0.3) is 0 Å². The molecule has 0 unspecified atom stereocenters. The van der Waals surface area contributed by atoms with Gasteiger partial charge in [-0.15, -0.1) is 0 Å². The molecule has 2 N–H and O–H groups in total. The van der Waals surface area contributed by atoms with Gasteiger partial charge in [-0.1, -0.05) is 79.3 Å². The van der Waals surface area contributed by atoms with Gasteiger partial charge in [0.1, 0.15) is 11.5 Å². The maximum atomic E-state index is 10.9. The summed E-state index contributed by atoms with van der Waals surface area (Å²) in [6.45, 7) is 16.9. The van der Waals surface area contributed by atoms with Crippen molar-refractivity contribution < 1.29 is 10.2 Å². The second-order valence-corrected chi connectivity index (χ2v) is 10.4. The van der Waals surface area contributed by atoms with Crippen LogP contribution in [0.2, 0.25) is 0 Å².